The molecule has 0 bridgehead atoms. The Labute approximate surface area is 221 Å². The summed E-state index contributed by atoms with van der Waals surface area (Å²) in [6.07, 6.45) is 11.6. The molecule has 0 saturated heterocycles. The van der Waals surface area contributed by atoms with E-state index >= 15 is 0 Å². The highest BCUT2D eigenvalue weighted by Gasteiger charge is 2.33. The van der Waals surface area contributed by atoms with Gasteiger partial charge in [-0.15, -0.1) is 0 Å². The second-order valence-electron chi connectivity index (χ2n) is 12.2. The number of esters is 2. The van der Waals surface area contributed by atoms with Crippen LogP contribution in [-0.4, -0.2) is 33.1 Å². The summed E-state index contributed by atoms with van der Waals surface area (Å²) in [6, 6.07) is 0. The van der Waals surface area contributed by atoms with Gasteiger partial charge in [-0.1, -0.05) is 38.2 Å². The number of allylic oxidation sites excluding steroid dienone is 4. The lowest BCUT2D eigenvalue weighted by Gasteiger charge is -2.26. The Balaban J connectivity index is 1.97. The van der Waals surface area contributed by atoms with Crippen LogP contribution in [0, 0.1) is 19.3 Å². The summed E-state index contributed by atoms with van der Waals surface area (Å²) >= 11 is 0. The number of hydrogen-bond donors (Lipinski definition) is 2. The van der Waals surface area contributed by atoms with Gasteiger partial charge in [0.15, 0.2) is 0 Å². The number of aromatic amines is 2. The van der Waals surface area contributed by atoms with E-state index in [1.807, 2.05) is 55.4 Å². The fourth-order valence-electron chi connectivity index (χ4n) is 5.23. The van der Waals surface area contributed by atoms with Gasteiger partial charge in [-0.25, -0.2) is 9.59 Å². The van der Waals surface area contributed by atoms with Crippen molar-refractivity contribution in [1.82, 2.24) is 9.97 Å². The molecule has 2 aromatic rings. The lowest BCUT2D eigenvalue weighted by atomic mass is 9.78. The van der Waals surface area contributed by atoms with Gasteiger partial charge in [0.1, 0.15) is 22.6 Å². The summed E-state index contributed by atoms with van der Waals surface area (Å²) < 4.78 is 11.3. The van der Waals surface area contributed by atoms with Crippen LogP contribution in [0.4, 0.5) is 0 Å². The molecule has 0 radical (unpaired) electrons. The van der Waals surface area contributed by atoms with Crippen LogP contribution in [-0.2, 0) is 35.2 Å². The molecule has 0 spiro atoms. The third kappa shape index (κ3) is 6.46. The van der Waals surface area contributed by atoms with Gasteiger partial charge in [0.25, 0.3) is 0 Å². The average molecular weight is 509 g/mol. The van der Waals surface area contributed by atoms with Crippen LogP contribution in [0.5, 0.6) is 0 Å². The fourth-order valence-corrected chi connectivity index (χ4v) is 5.23. The Bertz CT molecular complexity index is 1130. The number of rotatable bonds is 8. The third-order valence-electron chi connectivity index (χ3n) is 6.83. The Kier molecular flexibility index (Phi) is 8.02. The van der Waals surface area contributed by atoms with E-state index in [4.69, 9.17) is 9.47 Å². The topological polar surface area (TPSA) is 84.2 Å². The minimum absolute atomic E-state index is 0.293. The van der Waals surface area contributed by atoms with Crippen molar-refractivity contribution < 1.29 is 19.1 Å². The smallest absolute Gasteiger partial charge is 0.355 e. The highest BCUT2D eigenvalue weighted by Crippen LogP contribution is 2.38. The number of ether oxygens (including phenoxy) is 2. The normalized spacial score (nSPS) is 14.9. The van der Waals surface area contributed by atoms with Crippen LogP contribution in [0.2, 0.25) is 0 Å². The molecule has 1 aliphatic rings. The van der Waals surface area contributed by atoms with Gasteiger partial charge < -0.3 is 19.4 Å². The standard InChI is InChI=1S/C31H44N2O4/c1-11-21-19(3)25(27(34)36-29(5,6)7)32-23(21)17-31(15-13-14-16-31)18-24-22(12-2)20(4)26(33-24)28(35)37-30(8,9)10/h13-16,32-33H,11-12,17-18H2,1-10H3. The SMILES string of the molecule is CCc1c(CC2(Cc3[nH]c(C(=O)OC(C)(C)C)c(C)c3CC)C=CC=C2)[nH]c(C(=O)OC(C)(C)C)c1C. The Morgan fingerprint density at radius 2 is 1.08 bits per heavy atom. The van der Waals surface area contributed by atoms with Gasteiger partial charge in [-0.05, 0) is 90.5 Å². The van der Waals surface area contributed by atoms with Crippen molar-refractivity contribution in [2.45, 2.75) is 106 Å². The first-order valence-electron chi connectivity index (χ1n) is 13.3. The van der Waals surface area contributed by atoms with E-state index in [2.05, 4.69) is 48.1 Å². The molecule has 1 aliphatic carbocycles. The molecule has 2 aromatic heterocycles. The quantitative estimate of drug-likeness (QED) is 0.380. The predicted molar refractivity (Wildman–Crippen MR) is 148 cm³/mol. The van der Waals surface area contributed by atoms with Crippen LogP contribution in [0.1, 0.15) is 110 Å². The molecule has 202 valence electrons. The van der Waals surface area contributed by atoms with Crippen molar-refractivity contribution in [1.29, 1.82) is 0 Å². The molecule has 0 amide bonds. The van der Waals surface area contributed by atoms with E-state index in [0.29, 0.717) is 24.2 Å². The largest absolute Gasteiger partial charge is 0.455 e. The molecular formula is C31H44N2O4. The van der Waals surface area contributed by atoms with Crippen molar-refractivity contribution >= 4 is 11.9 Å². The minimum Gasteiger partial charge on any atom is -0.455 e. The van der Waals surface area contributed by atoms with Crippen LogP contribution >= 0.6 is 0 Å². The number of H-pyrrole nitrogens is 2. The molecule has 6 heteroatoms. The van der Waals surface area contributed by atoms with Gasteiger partial charge in [0.2, 0.25) is 0 Å². The first-order chi connectivity index (χ1) is 17.1. The summed E-state index contributed by atoms with van der Waals surface area (Å²) in [7, 11) is 0. The molecule has 6 nitrogen and oxygen atoms in total. The number of nitrogens with one attached hydrogen (secondary N) is 2. The highest BCUT2D eigenvalue weighted by molar-refractivity contribution is 5.90. The third-order valence-corrected chi connectivity index (χ3v) is 6.83. The summed E-state index contributed by atoms with van der Waals surface area (Å²) in [5.41, 5.74) is 5.94. The second kappa shape index (κ2) is 10.4. The lowest BCUT2D eigenvalue weighted by Crippen LogP contribution is -2.25. The number of aromatic nitrogens is 2. The minimum atomic E-state index is -0.562. The zero-order valence-electron chi connectivity index (χ0n) is 24.3. The van der Waals surface area contributed by atoms with E-state index in [9.17, 15) is 9.59 Å². The zero-order valence-corrected chi connectivity index (χ0v) is 24.3. The summed E-state index contributed by atoms with van der Waals surface area (Å²) in [4.78, 5) is 32.7. The van der Waals surface area contributed by atoms with Gasteiger partial charge >= 0.3 is 11.9 Å². The van der Waals surface area contributed by atoms with E-state index in [1.165, 1.54) is 0 Å². The number of carbonyl (C=O) groups is 2. The molecule has 0 unspecified atom stereocenters. The van der Waals surface area contributed by atoms with Crippen LogP contribution < -0.4 is 0 Å². The molecule has 0 saturated carbocycles. The molecule has 0 fully saturated rings. The van der Waals surface area contributed by atoms with Crippen molar-refractivity contribution in [2.24, 2.45) is 5.41 Å². The Hall–Kier alpha value is -3.02. The number of hydrogen-bond acceptors (Lipinski definition) is 4. The van der Waals surface area contributed by atoms with Gasteiger partial charge in [-0.2, -0.15) is 0 Å². The van der Waals surface area contributed by atoms with Crippen molar-refractivity contribution in [3.05, 3.63) is 69.3 Å². The predicted octanol–water partition coefficient (Wildman–Crippen LogP) is 6.89. The van der Waals surface area contributed by atoms with E-state index in [0.717, 1.165) is 46.5 Å². The molecule has 0 aliphatic heterocycles. The summed E-state index contributed by atoms with van der Waals surface area (Å²) in [6.45, 7) is 19.5. The van der Waals surface area contributed by atoms with Crippen molar-refractivity contribution in [2.75, 3.05) is 0 Å². The van der Waals surface area contributed by atoms with Crippen molar-refractivity contribution in [3.63, 3.8) is 0 Å². The van der Waals surface area contributed by atoms with Crippen LogP contribution in [0.25, 0.3) is 0 Å². The maximum Gasteiger partial charge on any atom is 0.355 e. The first kappa shape index (κ1) is 28.5. The molecular weight excluding hydrogens is 464 g/mol. The molecule has 2 N–H and O–H groups in total. The molecule has 0 atom stereocenters. The van der Waals surface area contributed by atoms with Crippen LogP contribution in [0.3, 0.4) is 0 Å². The van der Waals surface area contributed by atoms with Gasteiger partial charge in [0.05, 0.1) is 0 Å². The maximum absolute atomic E-state index is 12.9. The molecule has 3 rings (SSSR count). The Morgan fingerprint density at radius 3 is 1.38 bits per heavy atom. The summed E-state index contributed by atoms with van der Waals surface area (Å²) in [5.74, 6) is -0.652. The fraction of sp³-hybridized carbons (Fsp3) is 0.548. The second-order valence-corrected chi connectivity index (χ2v) is 12.2. The Morgan fingerprint density at radius 1 is 0.730 bits per heavy atom. The first-order valence-corrected chi connectivity index (χ1v) is 13.3. The highest BCUT2D eigenvalue weighted by atomic mass is 16.6. The summed E-state index contributed by atoms with van der Waals surface area (Å²) in [5, 5.41) is 0. The lowest BCUT2D eigenvalue weighted by molar-refractivity contribution is 0.00502. The van der Waals surface area contributed by atoms with E-state index in [1.54, 1.807) is 0 Å². The van der Waals surface area contributed by atoms with Gasteiger partial charge in [-0.3, -0.25) is 0 Å². The van der Waals surface area contributed by atoms with E-state index in [-0.39, 0.29) is 17.4 Å². The van der Waals surface area contributed by atoms with Crippen LogP contribution in [0.15, 0.2) is 24.3 Å². The molecule has 2 heterocycles. The zero-order chi connectivity index (χ0) is 27.8. The maximum atomic E-state index is 12.9. The molecule has 37 heavy (non-hydrogen) atoms. The van der Waals surface area contributed by atoms with E-state index < -0.39 is 11.2 Å². The number of carbonyl (C=O) groups excluding carboxylic acids is 2. The average Bonchev–Trinajstić information content (AvgIpc) is 3.42. The van der Waals surface area contributed by atoms with Crippen molar-refractivity contribution in [3.8, 4) is 0 Å². The monoisotopic (exact) mass is 508 g/mol. The molecule has 0 aromatic carbocycles. The van der Waals surface area contributed by atoms with Gasteiger partial charge in [0, 0.05) is 29.6 Å².